The predicted molar refractivity (Wildman–Crippen MR) is 100 cm³/mol. The average molecular weight is 428 g/mol. The molecule has 1 atom stereocenters. The van der Waals surface area contributed by atoms with Gasteiger partial charge >= 0.3 is 12.1 Å². The molecule has 29 heavy (non-hydrogen) atoms. The molecule has 1 aliphatic rings. The van der Waals surface area contributed by atoms with Crippen molar-refractivity contribution in [3.63, 3.8) is 0 Å². The molecular weight excluding hydrogens is 408 g/mol. The summed E-state index contributed by atoms with van der Waals surface area (Å²) in [5.74, 6) is -3.29. The van der Waals surface area contributed by atoms with E-state index in [9.17, 15) is 27.2 Å². The number of nitrogens with one attached hydrogen (secondary N) is 1. The number of carbonyl (C=O) groups excluding carboxylic acids is 2. The molecule has 9 heteroatoms. The van der Waals surface area contributed by atoms with Crippen LogP contribution in [0.15, 0.2) is 41.8 Å². The van der Waals surface area contributed by atoms with Gasteiger partial charge in [0.1, 0.15) is 11.9 Å². The number of rotatable bonds is 6. The highest BCUT2D eigenvalue weighted by molar-refractivity contribution is 7.10. The van der Waals surface area contributed by atoms with Crippen LogP contribution in [0.5, 0.6) is 0 Å². The summed E-state index contributed by atoms with van der Waals surface area (Å²) >= 11 is 1.10. The van der Waals surface area contributed by atoms with Crippen molar-refractivity contribution < 1.29 is 27.2 Å². The molecule has 1 N–H and O–H groups in total. The maximum atomic E-state index is 13.4. The lowest BCUT2D eigenvalue weighted by molar-refractivity contribution is -0.189. The van der Waals surface area contributed by atoms with E-state index in [1.807, 2.05) is 0 Å². The zero-order valence-corrected chi connectivity index (χ0v) is 16.2. The van der Waals surface area contributed by atoms with Crippen molar-refractivity contribution >= 4 is 23.2 Å². The lowest BCUT2D eigenvalue weighted by atomic mass is 10.1. The Morgan fingerprint density at radius 1 is 1.14 bits per heavy atom. The van der Waals surface area contributed by atoms with Gasteiger partial charge in [-0.15, -0.1) is 11.3 Å². The van der Waals surface area contributed by atoms with E-state index in [-0.39, 0.29) is 6.04 Å². The lowest BCUT2D eigenvalue weighted by Gasteiger charge is -2.32. The molecular formula is C20H20F4N2O2S. The number of hydrogen-bond acceptors (Lipinski definition) is 3. The molecule has 1 saturated carbocycles. The lowest BCUT2D eigenvalue weighted by Crippen LogP contribution is -2.49. The highest BCUT2D eigenvalue weighted by Gasteiger charge is 2.47. The summed E-state index contributed by atoms with van der Waals surface area (Å²) < 4.78 is 53.3. The molecule has 0 aliphatic heterocycles. The molecule has 2 aromatic rings. The quantitative estimate of drug-likeness (QED) is 0.685. The highest BCUT2D eigenvalue weighted by Crippen LogP contribution is 2.32. The van der Waals surface area contributed by atoms with Crippen LogP contribution in [0.25, 0.3) is 0 Å². The van der Waals surface area contributed by atoms with Crippen LogP contribution in [0.3, 0.4) is 0 Å². The number of amides is 2. The van der Waals surface area contributed by atoms with Gasteiger partial charge in [-0.3, -0.25) is 9.59 Å². The smallest absolute Gasteiger partial charge is 0.351 e. The maximum absolute atomic E-state index is 13.4. The van der Waals surface area contributed by atoms with Gasteiger partial charge in [0, 0.05) is 17.5 Å². The third-order valence-corrected chi connectivity index (χ3v) is 5.77. The van der Waals surface area contributed by atoms with Gasteiger partial charge in [0.15, 0.2) is 0 Å². The Morgan fingerprint density at radius 3 is 2.34 bits per heavy atom. The van der Waals surface area contributed by atoms with Crippen molar-refractivity contribution in [3.8, 4) is 0 Å². The number of hydrogen-bond donors (Lipinski definition) is 1. The summed E-state index contributed by atoms with van der Waals surface area (Å²) in [5.41, 5.74) is 0.291. The van der Waals surface area contributed by atoms with Gasteiger partial charge in [-0.25, -0.2) is 4.39 Å². The summed E-state index contributed by atoms with van der Waals surface area (Å²) in [6, 6.07) is 6.41. The topological polar surface area (TPSA) is 49.4 Å². The Labute approximate surface area is 169 Å². The minimum atomic E-state index is -5.15. The Balaban J connectivity index is 1.95. The molecule has 0 saturated heterocycles. The third-order valence-electron chi connectivity index (χ3n) is 4.84. The number of benzene rings is 1. The van der Waals surface area contributed by atoms with E-state index in [2.05, 4.69) is 5.32 Å². The van der Waals surface area contributed by atoms with Crippen LogP contribution in [0.4, 0.5) is 17.6 Å². The van der Waals surface area contributed by atoms with Crippen molar-refractivity contribution in [2.24, 2.45) is 0 Å². The SMILES string of the molecule is O=C(NC1CCCC1)C(c1cccs1)N(Cc1ccc(F)cc1)C(=O)C(F)(F)F. The van der Waals surface area contributed by atoms with Gasteiger partial charge in [-0.1, -0.05) is 31.0 Å². The fraction of sp³-hybridized carbons (Fsp3) is 0.400. The minimum Gasteiger partial charge on any atom is -0.351 e. The fourth-order valence-corrected chi connectivity index (χ4v) is 4.29. The van der Waals surface area contributed by atoms with Crippen molar-refractivity contribution in [1.82, 2.24) is 10.2 Å². The van der Waals surface area contributed by atoms with E-state index < -0.39 is 36.4 Å². The second kappa shape index (κ2) is 8.94. The summed E-state index contributed by atoms with van der Waals surface area (Å²) in [4.78, 5) is 26.1. The van der Waals surface area contributed by atoms with Crippen molar-refractivity contribution in [1.29, 1.82) is 0 Å². The number of thiophene rings is 1. The molecule has 1 heterocycles. The number of halogens is 4. The monoisotopic (exact) mass is 428 g/mol. The molecule has 1 fully saturated rings. The van der Waals surface area contributed by atoms with Crippen LogP contribution in [0.2, 0.25) is 0 Å². The first-order chi connectivity index (χ1) is 13.8. The maximum Gasteiger partial charge on any atom is 0.471 e. The molecule has 1 aromatic carbocycles. The Kier molecular flexibility index (Phi) is 6.56. The van der Waals surface area contributed by atoms with E-state index in [1.54, 1.807) is 11.4 Å². The van der Waals surface area contributed by atoms with Crippen LogP contribution < -0.4 is 5.32 Å². The summed E-state index contributed by atoms with van der Waals surface area (Å²) in [6.07, 6.45) is -1.75. The predicted octanol–water partition coefficient (Wildman–Crippen LogP) is 4.58. The van der Waals surface area contributed by atoms with Gasteiger partial charge in [-0.05, 0) is 42.0 Å². The molecule has 156 valence electrons. The number of carbonyl (C=O) groups is 2. The van der Waals surface area contributed by atoms with Crippen molar-refractivity contribution in [2.45, 2.75) is 50.5 Å². The third kappa shape index (κ3) is 5.35. The molecule has 2 amide bonds. The number of nitrogens with zero attached hydrogens (tertiary/aromatic N) is 1. The van der Waals surface area contributed by atoms with E-state index in [0.29, 0.717) is 15.3 Å². The summed E-state index contributed by atoms with van der Waals surface area (Å²) in [7, 11) is 0. The van der Waals surface area contributed by atoms with Gasteiger partial charge < -0.3 is 10.2 Å². The first kappa shape index (κ1) is 21.3. The van der Waals surface area contributed by atoms with E-state index in [0.717, 1.165) is 49.2 Å². The van der Waals surface area contributed by atoms with Crippen LogP contribution >= 0.6 is 11.3 Å². The van der Waals surface area contributed by atoms with Crippen molar-refractivity contribution in [2.75, 3.05) is 0 Å². The van der Waals surface area contributed by atoms with Gasteiger partial charge in [0.05, 0.1) is 0 Å². The molecule has 3 rings (SSSR count). The largest absolute Gasteiger partial charge is 0.471 e. The van der Waals surface area contributed by atoms with Crippen LogP contribution in [0, 0.1) is 5.82 Å². The second-order valence-electron chi connectivity index (χ2n) is 6.97. The van der Waals surface area contributed by atoms with Gasteiger partial charge in [0.2, 0.25) is 5.91 Å². The van der Waals surface area contributed by atoms with E-state index in [4.69, 9.17) is 0 Å². The normalized spacial score (nSPS) is 15.9. The van der Waals surface area contributed by atoms with Crippen LogP contribution in [-0.2, 0) is 16.1 Å². The molecule has 0 bridgehead atoms. The molecule has 4 nitrogen and oxygen atoms in total. The molecule has 0 spiro atoms. The standard InChI is InChI=1S/C20H20F4N2O2S/c21-14-9-7-13(8-10-14)12-26(19(28)20(22,23)24)17(16-6-3-11-29-16)18(27)25-15-4-1-2-5-15/h3,6-11,15,17H,1-2,4-5,12H2,(H,25,27). The van der Waals surface area contributed by atoms with Crippen LogP contribution in [0.1, 0.15) is 42.2 Å². The van der Waals surface area contributed by atoms with E-state index in [1.165, 1.54) is 18.2 Å². The fourth-order valence-electron chi connectivity index (χ4n) is 3.45. The Bertz CT molecular complexity index is 831. The van der Waals surface area contributed by atoms with Gasteiger partial charge in [-0.2, -0.15) is 13.2 Å². The summed E-state index contributed by atoms with van der Waals surface area (Å²) in [6.45, 7) is -0.473. The second-order valence-corrected chi connectivity index (χ2v) is 7.94. The highest BCUT2D eigenvalue weighted by atomic mass is 32.1. The first-order valence-corrected chi connectivity index (χ1v) is 10.1. The van der Waals surface area contributed by atoms with Gasteiger partial charge in [0.25, 0.3) is 0 Å². The molecule has 1 unspecified atom stereocenters. The molecule has 1 aliphatic carbocycles. The van der Waals surface area contributed by atoms with Crippen molar-refractivity contribution in [3.05, 3.63) is 58.0 Å². The zero-order valence-electron chi connectivity index (χ0n) is 15.4. The minimum absolute atomic E-state index is 0.112. The zero-order chi connectivity index (χ0) is 21.0. The average Bonchev–Trinajstić information content (AvgIpc) is 3.36. The number of alkyl halides is 3. The Morgan fingerprint density at radius 2 is 1.79 bits per heavy atom. The first-order valence-electron chi connectivity index (χ1n) is 9.21. The molecule has 0 radical (unpaired) electrons. The van der Waals surface area contributed by atoms with Crippen LogP contribution in [-0.4, -0.2) is 28.9 Å². The summed E-state index contributed by atoms with van der Waals surface area (Å²) in [5, 5.41) is 4.43. The Hall–Kier alpha value is -2.42. The molecule has 1 aromatic heterocycles. The van der Waals surface area contributed by atoms with E-state index >= 15 is 0 Å².